The lowest BCUT2D eigenvalue weighted by Gasteiger charge is -2.62. The Morgan fingerprint density at radius 2 is 1.78 bits per heavy atom. The van der Waals surface area contributed by atoms with Crippen LogP contribution in [0.1, 0.15) is 62.0 Å². The van der Waals surface area contributed by atoms with Crippen molar-refractivity contribution in [3.63, 3.8) is 0 Å². The lowest BCUT2D eigenvalue weighted by molar-refractivity contribution is -0.179. The molecule has 10 nitrogen and oxygen atoms in total. The van der Waals surface area contributed by atoms with E-state index in [9.17, 15) is 14.7 Å². The predicted octanol–water partition coefficient (Wildman–Crippen LogP) is 5.63. The molecule has 0 spiro atoms. The van der Waals surface area contributed by atoms with Gasteiger partial charge in [0, 0.05) is 61.5 Å². The average molecular weight is 740 g/mol. The second-order valence-corrected chi connectivity index (χ2v) is 17.0. The van der Waals surface area contributed by atoms with E-state index in [0.717, 1.165) is 35.2 Å². The predicted molar refractivity (Wildman–Crippen MR) is 214 cm³/mol. The summed E-state index contributed by atoms with van der Waals surface area (Å²) in [6.07, 6.45) is 1.78. The highest BCUT2D eigenvalue weighted by Gasteiger charge is 2.57. The molecule has 1 saturated heterocycles. The summed E-state index contributed by atoms with van der Waals surface area (Å²) in [6, 6.07) is 21.3. The molecule has 3 aliphatic carbocycles. The minimum atomic E-state index is -0.772. The Balaban J connectivity index is 1.28. The van der Waals surface area contributed by atoms with Crippen molar-refractivity contribution in [2.45, 2.75) is 77.8 Å². The van der Waals surface area contributed by atoms with Crippen LogP contribution in [-0.4, -0.2) is 99.6 Å². The normalized spacial score (nSPS) is 26.5. The SMILES string of the molecule is COc1c(CN2O[C@@H](CN(C)C)[C@@H]([C@H](C)O)[C@H]2C(=O)N[C@H]2C[C@H]3C[C@@H]([C@@H]2C)C3(C)C)cccc1-c1cc(C(=O)NCCc2ccccc2)cc(N(C)C)c1. The monoisotopic (exact) mass is 739 g/mol. The van der Waals surface area contributed by atoms with Gasteiger partial charge < -0.3 is 30.3 Å². The van der Waals surface area contributed by atoms with Gasteiger partial charge >= 0.3 is 0 Å². The second kappa shape index (κ2) is 16.4. The van der Waals surface area contributed by atoms with E-state index in [1.807, 2.05) is 86.5 Å². The van der Waals surface area contributed by atoms with Gasteiger partial charge in [-0.2, -0.15) is 5.06 Å². The Morgan fingerprint density at radius 1 is 1.04 bits per heavy atom. The summed E-state index contributed by atoms with van der Waals surface area (Å²) in [6.45, 7) is 10.1. The van der Waals surface area contributed by atoms with Crippen molar-refractivity contribution in [1.29, 1.82) is 0 Å². The fraction of sp³-hybridized carbons (Fsp3) is 0.545. The lowest BCUT2D eigenvalue weighted by Crippen LogP contribution is -2.62. The Bertz CT molecular complexity index is 1780. The highest BCUT2D eigenvalue weighted by Crippen LogP contribution is 2.61. The van der Waals surface area contributed by atoms with E-state index in [2.05, 4.69) is 49.6 Å². The number of nitrogens with one attached hydrogen (secondary N) is 2. The van der Waals surface area contributed by atoms with Crippen LogP contribution in [0.3, 0.4) is 0 Å². The Morgan fingerprint density at radius 3 is 2.41 bits per heavy atom. The minimum absolute atomic E-state index is 0.0882. The lowest BCUT2D eigenvalue weighted by atomic mass is 9.45. The van der Waals surface area contributed by atoms with E-state index < -0.39 is 18.1 Å². The second-order valence-electron chi connectivity index (χ2n) is 17.0. The highest BCUT2D eigenvalue weighted by molar-refractivity contribution is 5.97. The number of nitrogens with zero attached hydrogens (tertiary/aromatic N) is 3. The molecule has 1 aliphatic heterocycles. The van der Waals surface area contributed by atoms with Gasteiger partial charge in [-0.25, -0.2) is 0 Å². The fourth-order valence-electron chi connectivity index (χ4n) is 9.41. The topological polar surface area (TPSA) is 107 Å². The summed E-state index contributed by atoms with van der Waals surface area (Å²) in [5, 5.41) is 19.5. The molecule has 54 heavy (non-hydrogen) atoms. The molecular formula is C44H61N5O5. The number of rotatable bonds is 14. The molecule has 0 aromatic heterocycles. The molecule has 3 saturated carbocycles. The van der Waals surface area contributed by atoms with Gasteiger partial charge in [0.25, 0.3) is 5.91 Å². The Hall–Kier alpha value is -3.96. The summed E-state index contributed by atoms with van der Waals surface area (Å²) in [5.41, 5.74) is 5.42. The van der Waals surface area contributed by atoms with Gasteiger partial charge in [-0.1, -0.05) is 69.3 Å². The Labute approximate surface area is 322 Å². The number of amides is 2. The number of para-hydroxylation sites is 1. The number of fused-ring (bicyclic) bond motifs is 2. The number of hydrogen-bond donors (Lipinski definition) is 3. The quantitative estimate of drug-likeness (QED) is 0.196. The molecule has 2 amide bonds. The van der Waals surface area contributed by atoms with Crippen molar-refractivity contribution in [2.24, 2.45) is 29.1 Å². The van der Waals surface area contributed by atoms with Crippen LogP contribution in [-0.2, 0) is 22.6 Å². The standard InChI is InChI=1S/C44H61N5O5/c1-27-36-23-33(44(36,3)4)24-37(27)46-43(52)40-39(28(2)50)38(26-47(5)6)54-49(40)25-30-16-13-17-35(41(30)53-9)31-20-32(22-34(21-31)48(7)8)42(51)45-19-18-29-14-11-10-12-15-29/h10-17,20-22,27-28,33,36-40,50H,18-19,23-26H2,1-9H3,(H,45,51)(H,46,52)/t27-,28-,33+,36-,37-,38-,39+,40-/m0/s1. The third-order valence-corrected chi connectivity index (χ3v) is 12.6. The fourth-order valence-corrected chi connectivity index (χ4v) is 9.41. The third-order valence-electron chi connectivity index (χ3n) is 12.6. The Kier molecular flexibility index (Phi) is 12.1. The third kappa shape index (κ3) is 8.17. The maximum absolute atomic E-state index is 14.5. The van der Waals surface area contributed by atoms with Crippen LogP contribution in [0.4, 0.5) is 5.69 Å². The zero-order chi connectivity index (χ0) is 38.9. The zero-order valence-corrected chi connectivity index (χ0v) is 33.6. The molecule has 3 aromatic carbocycles. The molecule has 8 atom stereocenters. The molecule has 4 fully saturated rings. The van der Waals surface area contributed by atoms with E-state index >= 15 is 0 Å². The summed E-state index contributed by atoms with van der Waals surface area (Å²) < 4.78 is 6.13. The molecule has 10 heteroatoms. The molecule has 0 unspecified atom stereocenters. The van der Waals surface area contributed by atoms with E-state index in [-0.39, 0.29) is 30.5 Å². The first-order valence-electron chi connectivity index (χ1n) is 19.6. The molecule has 3 N–H and O–H groups in total. The molecule has 292 valence electrons. The summed E-state index contributed by atoms with van der Waals surface area (Å²) in [5.74, 6) is 1.52. The number of methoxy groups -OCH3 is 1. The molecule has 4 aliphatic rings. The van der Waals surface area contributed by atoms with Crippen molar-refractivity contribution in [3.8, 4) is 16.9 Å². The van der Waals surface area contributed by atoms with E-state index in [1.165, 1.54) is 12.0 Å². The highest BCUT2D eigenvalue weighted by atomic mass is 16.7. The van der Waals surface area contributed by atoms with Crippen molar-refractivity contribution in [2.75, 3.05) is 53.3 Å². The van der Waals surface area contributed by atoms with Crippen LogP contribution in [0, 0.1) is 29.1 Å². The smallest absolute Gasteiger partial charge is 0.251 e. The number of hydrogen-bond acceptors (Lipinski definition) is 8. The molecule has 2 bridgehead atoms. The van der Waals surface area contributed by atoms with Gasteiger partial charge in [0.05, 0.1) is 25.9 Å². The van der Waals surface area contributed by atoms with Gasteiger partial charge in [0.15, 0.2) is 0 Å². The summed E-state index contributed by atoms with van der Waals surface area (Å²) in [7, 11) is 9.52. The van der Waals surface area contributed by atoms with Crippen molar-refractivity contribution in [3.05, 3.63) is 83.4 Å². The van der Waals surface area contributed by atoms with E-state index in [1.54, 1.807) is 19.1 Å². The number of benzene rings is 3. The number of aliphatic hydroxyl groups excluding tert-OH is 1. The van der Waals surface area contributed by atoms with Gasteiger partial charge in [-0.05, 0) is 92.8 Å². The van der Waals surface area contributed by atoms with Gasteiger partial charge in [-0.15, -0.1) is 0 Å². The van der Waals surface area contributed by atoms with Crippen molar-refractivity contribution in [1.82, 2.24) is 20.6 Å². The maximum atomic E-state index is 14.5. The number of anilines is 1. The first-order chi connectivity index (χ1) is 25.7. The largest absolute Gasteiger partial charge is 0.496 e. The van der Waals surface area contributed by atoms with Gasteiger partial charge in [0.1, 0.15) is 11.8 Å². The summed E-state index contributed by atoms with van der Waals surface area (Å²) in [4.78, 5) is 38.6. The van der Waals surface area contributed by atoms with Crippen LogP contribution in [0.2, 0.25) is 0 Å². The number of likely N-dealkylation sites (N-methyl/N-ethyl adjacent to an activating group) is 1. The first kappa shape index (κ1) is 39.7. The number of carbonyl (C=O) groups excluding carboxylic acids is 2. The van der Waals surface area contributed by atoms with Crippen molar-refractivity contribution >= 4 is 17.5 Å². The van der Waals surface area contributed by atoms with Crippen molar-refractivity contribution < 1.29 is 24.3 Å². The van der Waals surface area contributed by atoms with Gasteiger partial charge in [0.2, 0.25) is 5.91 Å². The van der Waals surface area contributed by atoms with Crippen LogP contribution in [0.15, 0.2) is 66.7 Å². The number of ether oxygens (including phenoxy) is 1. The molecule has 3 aromatic rings. The zero-order valence-electron chi connectivity index (χ0n) is 33.6. The molecule has 0 radical (unpaired) electrons. The van der Waals surface area contributed by atoms with Crippen LogP contribution >= 0.6 is 0 Å². The molecule has 1 heterocycles. The van der Waals surface area contributed by atoms with E-state index in [4.69, 9.17) is 9.57 Å². The minimum Gasteiger partial charge on any atom is -0.496 e. The van der Waals surface area contributed by atoms with Gasteiger partial charge in [-0.3, -0.25) is 14.4 Å². The van der Waals surface area contributed by atoms with Crippen LogP contribution < -0.4 is 20.3 Å². The molecular weight excluding hydrogens is 679 g/mol. The average Bonchev–Trinajstić information content (AvgIpc) is 3.49. The first-order valence-corrected chi connectivity index (χ1v) is 19.6. The molecule has 7 rings (SSSR count). The van der Waals surface area contributed by atoms with Crippen LogP contribution in [0.5, 0.6) is 5.75 Å². The van der Waals surface area contributed by atoms with Crippen LogP contribution in [0.25, 0.3) is 11.1 Å². The van der Waals surface area contributed by atoms with E-state index in [0.29, 0.717) is 47.6 Å². The number of hydroxylamine groups is 2. The maximum Gasteiger partial charge on any atom is 0.251 e. The number of carbonyl (C=O) groups is 2. The number of aliphatic hydroxyl groups is 1. The summed E-state index contributed by atoms with van der Waals surface area (Å²) >= 11 is 0.